The number of Topliss-reactive ketones (excluding diaryl/α,β-unsaturated/α-hetero) is 2. The fourth-order valence-electron chi connectivity index (χ4n) is 1.81. The van der Waals surface area contributed by atoms with Crippen molar-refractivity contribution >= 4 is 17.7 Å². The molecule has 0 unspecified atom stereocenters. The van der Waals surface area contributed by atoms with Gasteiger partial charge in [0.2, 0.25) is 5.78 Å². The molecule has 1 saturated heterocycles. The summed E-state index contributed by atoms with van der Waals surface area (Å²) in [5, 5.41) is 0. The first-order valence-electron chi connectivity index (χ1n) is 5.77. The lowest BCUT2D eigenvalue weighted by molar-refractivity contribution is -0.137. The molecule has 5 nitrogen and oxygen atoms in total. The number of hydrogen-bond donors (Lipinski definition) is 0. The van der Waals surface area contributed by atoms with Crippen LogP contribution < -0.4 is 0 Å². The van der Waals surface area contributed by atoms with Crippen LogP contribution in [-0.4, -0.2) is 40.7 Å². The monoisotopic (exact) mass is 241 g/mol. The van der Waals surface area contributed by atoms with Crippen LogP contribution in [0.2, 0.25) is 0 Å². The number of ether oxygens (including phenoxy) is 1. The molecule has 0 aromatic carbocycles. The molecule has 0 aromatic heterocycles. The van der Waals surface area contributed by atoms with E-state index in [0.29, 0.717) is 13.0 Å². The predicted octanol–water partition coefficient (Wildman–Crippen LogP) is 1.54. The van der Waals surface area contributed by atoms with Crippen molar-refractivity contribution in [2.45, 2.75) is 52.2 Å². The number of ketones is 2. The Morgan fingerprint density at radius 1 is 1.24 bits per heavy atom. The van der Waals surface area contributed by atoms with E-state index in [-0.39, 0.29) is 0 Å². The van der Waals surface area contributed by atoms with Crippen LogP contribution in [0.5, 0.6) is 0 Å². The van der Waals surface area contributed by atoms with Crippen LogP contribution >= 0.6 is 0 Å². The second-order valence-corrected chi connectivity index (χ2v) is 5.25. The minimum Gasteiger partial charge on any atom is -0.444 e. The molecule has 0 spiro atoms. The first-order valence-corrected chi connectivity index (χ1v) is 5.77. The Labute approximate surface area is 101 Å². The number of nitrogens with zero attached hydrogens (tertiary/aromatic N) is 1. The zero-order chi connectivity index (χ0) is 13.2. The Hall–Kier alpha value is -1.39. The molecule has 0 aliphatic carbocycles. The van der Waals surface area contributed by atoms with Crippen molar-refractivity contribution in [3.05, 3.63) is 0 Å². The predicted molar refractivity (Wildman–Crippen MR) is 61.7 cm³/mol. The zero-order valence-corrected chi connectivity index (χ0v) is 10.8. The van der Waals surface area contributed by atoms with Gasteiger partial charge in [0.25, 0.3) is 0 Å². The van der Waals surface area contributed by atoms with Gasteiger partial charge >= 0.3 is 6.09 Å². The summed E-state index contributed by atoms with van der Waals surface area (Å²) < 4.78 is 5.21. The molecule has 0 radical (unpaired) electrons. The average molecular weight is 241 g/mol. The standard InChI is InChI=1S/C12H19NO4/c1-8(14)10(15)9-6-5-7-13(9)11(16)17-12(2,3)4/h9H,5-7H2,1-4H3/t9-/m0/s1. The van der Waals surface area contributed by atoms with Gasteiger partial charge in [-0.15, -0.1) is 0 Å². The van der Waals surface area contributed by atoms with Crippen molar-refractivity contribution in [2.75, 3.05) is 6.54 Å². The molecule has 1 atom stereocenters. The second-order valence-electron chi connectivity index (χ2n) is 5.25. The molecule has 96 valence electrons. The first kappa shape index (κ1) is 13.7. The number of rotatable bonds is 2. The maximum absolute atomic E-state index is 11.8. The van der Waals surface area contributed by atoms with Gasteiger partial charge in [-0.1, -0.05) is 0 Å². The van der Waals surface area contributed by atoms with Crippen LogP contribution in [0.15, 0.2) is 0 Å². The Kier molecular flexibility index (Phi) is 3.91. The summed E-state index contributed by atoms with van der Waals surface area (Å²) in [7, 11) is 0. The maximum Gasteiger partial charge on any atom is 0.410 e. The summed E-state index contributed by atoms with van der Waals surface area (Å²) in [6.45, 7) is 7.00. The topological polar surface area (TPSA) is 63.7 Å². The molecule has 1 aliphatic rings. The van der Waals surface area contributed by atoms with Crippen molar-refractivity contribution in [1.29, 1.82) is 0 Å². The van der Waals surface area contributed by atoms with Gasteiger partial charge in [0, 0.05) is 13.5 Å². The highest BCUT2D eigenvalue weighted by Gasteiger charge is 2.37. The molecule has 0 saturated carbocycles. The van der Waals surface area contributed by atoms with E-state index in [9.17, 15) is 14.4 Å². The Bertz CT molecular complexity index is 343. The van der Waals surface area contributed by atoms with Gasteiger partial charge in [-0.2, -0.15) is 0 Å². The van der Waals surface area contributed by atoms with Crippen LogP contribution in [0.25, 0.3) is 0 Å². The molecule has 1 rings (SSSR count). The fourth-order valence-corrected chi connectivity index (χ4v) is 1.81. The Balaban J connectivity index is 2.73. The van der Waals surface area contributed by atoms with Crippen molar-refractivity contribution in [2.24, 2.45) is 0 Å². The van der Waals surface area contributed by atoms with E-state index >= 15 is 0 Å². The number of amides is 1. The lowest BCUT2D eigenvalue weighted by atomic mass is 10.1. The van der Waals surface area contributed by atoms with Gasteiger partial charge in [0.05, 0.1) is 0 Å². The van der Waals surface area contributed by atoms with Crippen LogP contribution in [-0.2, 0) is 14.3 Å². The van der Waals surface area contributed by atoms with E-state index in [2.05, 4.69) is 0 Å². The van der Waals surface area contributed by atoms with Gasteiger partial charge in [0.15, 0.2) is 5.78 Å². The minimum atomic E-state index is -0.637. The number of carbonyl (C=O) groups is 3. The van der Waals surface area contributed by atoms with Gasteiger partial charge in [-0.05, 0) is 33.6 Å². The molecular weight excluding hydrogens is 222 g/mol. The van der Waals surface area contributed by atoms with Crippen molar-refractivity contribution in [1.82, 2.24) is 4.90 Å². The normalized spacial score (nSPS) is 20.2. The number of carbonyl (C=O) groups excluding carboxylic acids is 3. The third-order valence-corrected chi connectivity index (χ3v) is 2.53. The SMILES string of the molecule is CC(=O)C(=O)[C@@H]1CCCN1C(=O)OC(C)(C)C. The van der Waals surface area contributed by atoms with Crippen LogP contribution in [0.3, 0.4) is 0 Å². The van der Waals surface area contributed by atoms with Gasteiger partial charge in [-0.3, -0.25) is 14.5 Å². The van der Waals surface area contributed by atoms with E-state index in [0.717, 1.165) is 6.42 Å². The fraction of sp³-hybridized carbons (Fsp3) is 0.750. The largest absolute Gasteiger partial charge is 0.444 e. The molecular formula is C12H19NO4. The second kappa shape index (κ2) is 4.85. The molecule has 1 amide bonds. The molecule has 0 bridgehead atoms. The van der Waals surface area contributed by atoms with Crippen molar-refractivity contribution < 1.29 is 19.1 Å². The maximum atomic E-state index is 11.8. The van der Waals surface area contributed by atoms with E-state index in [4.69, 9.17) is 4.74 Å². The third-order valence-electron chi connectivity index (χ3n) is 2.53. The first-order chi connectivity index (χ1) is 7.72. The summed E-state index contributed by atoms with van der Waals surface area (Å²) >= 11 is 0. The molecule has 5 heteroatoms. The number of likely N-dealkylation sites (tertiary alicyclic amines) is 1. The van der Waals surface area contributed by atoms with Crippen LogP contribution in [0.1, 0.15) is 40.5 Å². The highest BCUT2D eigenvalue weighted by molar-refractivity contribution is 6.38. The summed E-state index contributed by atoms with van der Waals surface area (Å²) in [4.78, 5) is 35.9. The van der Waals surface area contributed by atoms with Crippen LogP contribution in [0, 0.1) is 0 Å². The van der Waals surface area contributed by atoms with E-state index in [1.807, 2.05) is 0 Å². The quantitative estimate of drug-likeness (QED) is 0.688. The highest BCUT2D eigenvalue weighted by atomic mass is 16.6. The average Bonchev–Trinajstić information content (AvgIpc) is 2.61. The van der Waals surface area contributed by atoms with Crippen LogP contribution in [0.4, 0.5) is 4.79 Å². The van der Waals surface area contributed by atoms with E-state index < -0.39 is 29.3 Å². The smallest absolute Gasteiger partial charge is 0.410 e. The van der Waals surface area contributed by atoms with Crippen molar-refractivity contribution in [3.8, 4) is 0 Å². The molecule has 1 fully saturated rings. The summed E-state index contributed by atoms with van der Waals surface area (Å²) in [6, 6.07) is -0.637. The Morgan fingerprint density at radius 3 is 2.29 bits per heavy atom. The molecule has 17 heavy (non-hydrogen) atoms. The van der Waals surface area contributed by atoms with E-state index in [1.165, 1.54) is 11.8 Å². The highest BCUT2D eigenvalue weighted by Crippen LogP contribution is 2.21. The molecule has 0 N–H and O–H groups in total. The lowest BCUT2D eigenvalue weighted by Gasteiger charge is -2.27. The minimum absolute atomic E-state index is 0.471. The summed E-state index contributed by atoms with van der Waals surface area (Å²) in [6.07, 6.45) is 0.746. The van der Waals surface area contributed by atoms with Crippen molar-refractivity contribution in [3.63, 3.8) is 0 Å². The third kappa shape index (κ3) is 3.54. The summed E-state index contributed by atoms with van der Waals surface area (Å²) in [5.41, 5.74) is -0.594. The lowest BCUT2D eigenvalue weighted by Crippen LogP contribution is -2.45. The van der Waals surface area contributed by atoms with Gasteiger partial charge in [0.1, 0.15) is 11.6 Å². The number of hydrogen-bond acceptors (Lipinski definition) is 4. The Morgan fingerprint density at radius 2 is 1.82 bits per heavy atom. The van der Waals surface area contributed by atoms with Gasteiger partial charge in [-0.25, -0.2) is 4.79 Å². The molecule has 0 aromatic rings. The zero-order valence-electron chi connectivity index (χ0n) is 10.8. The van der Waals surface area contributed by atoms with Gasteiger partial charge < -0.3 is 4.74 Å². The summed E-state index contributed by atoms with van der Waals surface area (Å²) in [5.74, 6) is -1.01. The van der Waals surface area contributed by atoms with E-state index in [1.54, 1.807) is 20.8 Å². The molecule has 1 aliphatic heterocycles. The molecule has 1 heterocycles.